The zero-order chi connectivity index (χ0) is 28.5. The Morgan fingerprint density at radius 1 is 1.18 bits per heavy atom. The molecule has 0 aromatic carbocycles. The zero-order valence-electron chi connectivity index (χ0n) is 23.9. The van der Waals surface area contributed by atoms with Crippen molar-refractivity contribution in [2.75, 3.05) is 11.9 Å². The molecule has 3 N–H and O–H groups in total. The van der Waals surface area contributed by atoms with Crippen LogP contribution in [0.25, 0.3) is 0 Å². The second-order valence-corrected chi connectivity index (χ2v) is 14.4. The lowest BCUT2D eigenvalue weighted by atomic mass is 9.87. The number of hydrogen-bond donors (Lipinski definition) is 2. The van der Waals surface area contributed by atoms with E-state index in [0.717, 1.165) is 24.1 Å². The number of pyridine rings is 2. The van der Waals surface area contributed by atoms with Crippen LogP contribution in [0.1, 0.15) is 92.0 Å². The number of amides is 1. The Morgan fingerprint density at radius 3 is 2.42 bits per heavy atom. The third kappa shape index (κ3) is 7.89. The number of carbonyl (C=O) groups is 1. The summed E-state index contributed by atoms with van der Waals surface area (Å²) in [6, 6.07) is 8.57. The van der Waals surface area contributed by atoms with Crippen LogP contribution in [-0.2, 0) is 20.2 Å². The Labute approximate surface area is 227 Å². The molecule has 1 saturated heterocycles. The van der Waals surface area contributed by atoms with Gasteiger partial charge in [-0.3, -0.25) is 4.98 Å². The van der Waals surface area contributed by atoms with Crippen molar-refractivity contribution in [3.8, 4) is 0 Å². The minimum absolute atomic E-state index is 0.0274. The van der Waals surface area contributed by atoms with Crippen molar-refractivity contribution < 1.29 is 17.9 Å². The number of sulfonamides is 1. The topological polar surface area (TPSA) is 128 Å². The van der Waals surface area contributed by atoms with E-state index in [2.05, 4.69) is 51.0 Å². The van der Waals surface area contributed by atoms with Gasteiger partial charge in [-0.05, 0) is 89.0 Å². The van der Waals surface area contributed by atoms with Gasteiger partial charge in [-0.2, -0.15) is 0 Å². The zero-order valence-corrected chi connectivity index (χ0v) is 24.7. The number of carbonyl (C=O) groups excluding carboxylic acids is 1. The summed E-state index contributed by atoms with van der Waals surface area (Å²) in [5.74, 6) is 0.685. The summed E-state index contributed by atoms with van der Waals surface area (Å²) in [6.45, 7) is 16.8. The van der Waals surface area contributed by atoms with Crippen molar-refractivity contribution in [2.45, 2.75) is 102 Å². The van der Waals surface area contributed by atoms with Gasteiger partial charge < -0.3 is 15.0 Å². The van der Waals surface area contributed by atoms with E-state index in [1.807, 2.05) is 37.9 Å². The van der Waals surface area contributed by atoms with Gasteiger partial charge in [0.25, 0.3) is 10.0 Å². The average Bonchev–Trinajstić information content (AvgIpc) is 3.09. The number of likely N-dealkylation sites (tertiary alicyclic amines) is 1. The molecule has 1 unspecified atom stereocenters. The highest BCUT2D eigenvalue weighted by Gasteiger charge is 2.42. The van der Waals surface area contributed by atoms with E-state index in [1.54, 1.807) is 12.1 Å². The van der Waals surface area contributed by atoms with Crippen LogP contribution in [0.15, 0.2) is 41.6 Å². The van der Waals surface area contributed by atoms with E-state index in [1.165, 1.54) is 6.07 Å². The first-order valence-electron chi connectivity index (χ1n) is 13.1. The number of ether oxygens (including phenoxy) is 1. The largest absolute Gasteiger partial charge is 0.444 e. The number of nitrogens with zero attached hydrogens (tertiary/aromatic N) is 3. The predicted octanol–water partition coefficient (Wildman–Crippen LogP) is 5.39. The molecule has 0 aliphatic carbocycles. The van der Waals surface area contributed by atoms with Crippen molar-refractivity contribution in [1.82, 2.24) is 14.9 Å². The first-order chi connectivity index (χ1) is 17.3. The summed E-state index contributed by atoms with van der Waals surface area (Å²) < 4.78 is 29.3. The summed E-state index contributed by atoms with van der Waals surface area (Å²) in [4.78, 5) is 23.7. The Bertz CT molecular complexity index is 1230. The normalized spacial score (nSPS) is 18.8. The van der Waals surface area contributed by atoms with Crippen molar-refractivity contribution in [3.05, 3.63) is 47.8 Å². The fourth-order valence-electron chi connectivity index (χ4n) is 4.80. The summed E-state index contributed by atoms with van der Waals surface area (Å²) in [5, 5.41) is 8.48. The van der Waals surface area contributed by atoms with E-state index < -0.39 is 15.6 Å². The van der Waals surface area contributed by atoms with E-state index in [-0.39, 0.29) is 34.0 Å². The second kappa shape index (κ2) is 10.8. The summed E-state index contributed by atoms with van der Waals surface area (Å²) in [7, 11) is -3.93. The second-order valence-electron chi connectivity index (χ2n) is 12.9. The van der Waals surface area contributed by atoms with Crippen LogP contribution >= 0.6 is 0 Å². The molecule has 1 fully saturated rings. The maximum absolute atomic E-state index is 12.9. The molecular formula is C28H43N5O4S. The molecule has 38 heavy (non-hydrogen) atoms. The molecule has 2 aromatic rings. The molecule has 0 saturated carbocycles. The van der Waals surface area contributed by atoms with Crippen molar-refractivity contribution >= 4 is 21.9 Å². The van der Waals surface area contributed by atoms with Gasteiger partial charge in [-0.25, -0.2) is 23.3 Å². The molecule has 0 spiro atoms. The number of hydrogen-bond acceptors (Lipinski definition) is 7. The highest BCUT2D eigenvalue weighted by molar-refractivity contribution is 7.89. The SMILES string of the molecule is CC(C)(C)OC(=O)N1C[C@@H](CCC(Nc2cccc(S(N)(=O)=O)n2)c2ccc(C(C)(C)C)cn2)CC1(C)C. The molecule has 2 aromatic heterocycles. The minimum atomic E-state index is -3.93. The standard InChI is InChI=1S/C28H43N5O4S/c1-26(2,3)20-13-15-21(30-17-20)22(31-23-10-9-11-24(32-23)38(29,35)36)14-12-19-16-28(7,8)33(18-19)25(34)37-27(4,5)6/h9-11,13,15,17,19,22H,12,14,16,18H2,1-8H3,(H,31,32)(H2,29,35,36)/t19-,22?/m0/s1. The number of aromatic nitrogens is 2. The van der Waals surface area contributed by atoms with Gasteiger partial charge in [-0.1, -0.05) is 32.9 Å². The maximum Gasteiger partial charge on any atom is 0.410 e. The highest BCUT2D eigenvalue weighted by Crippen LogP contribution is 2.38. The molecular weight excluding hydrogens is 502 g/mol. The lowest BCUT2D eigenvalue weighted by molar-refractivity contribution is 0.0130. The number of nitrogens with two attached hydrogens (primary N) is 1. The lowest BCUT2D eigenvalue weighted by Crippen LogP contribution is -2.45. The maximum atomic E-state index is 12.9. The van der Waals surface area contributed by atoms with Crippen molar-refractivity contribution in [2.24, 2.45) is 11.1 Å². The summed E-state index contributed by atoms with van der Waals surface area (Å²) >= 11 is 0. The first kappa shape index (κ1) is 29.8. The fourth-order valence-corrected chi connectivity index (χ4v) is 5.30. The molecule has 1 amide bonds. The monoisotopic (exact) mass is 545 g/mol. The van der Waals surface area contributed by atoms with Crippen LogP contribution in [0.5, 0.6) is 0 Å². The molecule has 10 heteroatoms. The van der Waals surface area contributed by atoms with Gasteiger partial charge >= 0.3 is 6.09 Å². The van der Waals surface area contributed by atoms with Crippen LogP contribution < -0.4 is 10.5 Å². The fraction of sp³-hybridized carbons (Fsp3) is 0.607. The first-order valence-corrected chi connectivity index (χ1v) is 14.6. The molecule has 0 bridgehead atoms. The van der Waals surface area contributed by atoms with E-state index in [9.17, 15) is 13.2 Å². The Kier molecular flexibility index (Phi) is 8.48. The van der Waals surface area contributed by atoms with E-state index in [0.29, 0.717) is 18.8 Å². The molecule has 1 aliphatic heterocycles. The smallest absolute Gasteiger partial charge is 0.410 e. The number of anilines is 1. The molecule has 3 rings (SSSR count). The highest BCUT2D eigenvalue weighted by atomic mass is 32.2. The van der Waals surface area contributed by atoms with Crippen LogP contribution in [0.2, 0.25) is 0 Å². The van der Waals surface area contributed by atoms with Crippen LogP contribution in [0.3, 0.4) is 0 Å². The molecule has 9 nitrogen and oxygen atoms in total. The molecule has 210 valence electrons. The van der Waals surface area contributed by atoms with Gasteiger partial charge in [0.2, 0.25) is 0 Å². The quantitative estimate of drug-likeness (QED) is 0.477. The Hall–Kier alpha value is -2.72. The Morgan fingerprint density at radius 2 is 1.87 bits per heavy atom. The van der Waals surface area contributed by atoms with Gasteiger partial charge in [0, 0.05) is 18.3 Å². The molecule has 0 radical (unpaired) electrons. The molecule has 3 heterocycles. The third-order valence-corrected chi connectivity index (χ3v) is 7.59. The van der Waals surface area contributed by atoms with Crippen LogP contribution in [-0.4, -0.2) is 47.1 Å². The summed E-state index contributed by atoms with van der Waals surface area (Å²) in [6.07, 6.45) is 4.00. The third-order valence-electron chi connectivity index (χ3n) is 6.78. The number of nitrogens with one attached hydrogen (secondary N) is 1. The van der Waals surface area contributed by atoms with Gasteiger partial charge in [0.1, 0.15) is 11.4 Å². The van der Waals surface area contributed by atoms with Crippen molar-refractivity contribution in [1.29, 1.82) is 0 Å². The van der Waals surface area contributed by atoms with E-state index >= 15 is 0 Å². The number of rotatable bonds is 7. The van der Waals surface area contributed by atoms with Crippen LogP contribution in [0, 0.1) is 5.92 Å². The molecule has 2 atom stereocenters. The van der Waals surface area contributed by atoms with E-state index in [4.69, 9.17) is 14.9 Å². The minimum Gasteiger partial charge on any atom is -0.444 e. The Balaban J connectivity index is 1.81. The van der Waals surface area contributed by atoms with Gasteiger partial charge in [0.15, 0.2) is 5.03 Å². The summed E-state index contributed by atoms with van der Waals surface area (Å²) in [5.41, 5.74) is 1.07. The van der Waals surface area contributed by atoms with Gasteiger partial charge in [-0.15, -0.1) is 0 Å². The van der Waals surface area contributed by atoms with Gasteiger partial charge in [0.05, 0.1) is 11.7 Å². The predicted molar refractivity (Wildman–Crippen MR) is 149 cm³/mol. The van der Waals surface area contributed by atoms with Crippen molar-refractivity contribution in [3.63, 3.8) is 0 Å². The average molecular weight is 546 g/mol. The molecule has 1 aliphatic rings. The van der Waals surface area contributed by atoms with Crippen LogP contribution in [0.4, 0.5) is 10.6 Å². The lowest BCUT2D eigenvalue weighted by Gasteiger charge is -2.33. The number of primary sulfonamides is 1.